The summed E-state index contributed by atoms with van der Waals surface area (Å²) in [5, 5.41) is 0. The molecule has 2 N–H and O–H groups in total. The Bertz CT molecular complexity index is 506. The molecule has 1 amide bonds. The van der Waals surface area contributed by atoms with Crippen molar-refractivity contribution in [2.75, 3.05) is 26.2 Å². The number of carbonyl (C=O) groups is 1. The summed E-state index contributed by atoms with van der Waals surface area (Å²) in [5.74, 6) is 0.106. The Kier molecular flexibility index (Phi) is 4.50. The van der Waals surface area contributed by atoms with Gasteiger partial charge in [-0.15, -0.1) is 0 Å². The van der Waals surface area contributed by atoms with Gasteiger partial charge in [0, 0.05) is 26.2 Å². The highest BCUT2D eigenvalue weighted by Crippen LogP contribution is 2.40. The van der Waals surface area contributed by atoms with E-state index in [1.54, 1.807) is 6.92 Å². The van der Waals surface area contributed by atoms with Crippen LogP contribution in [0.15, 0.2) is 30.3 Å². The number of piperidine rings is 1. The third-order valence-corrected chi connectivity index (χ3v) is 5.29. The van der Waals surface area contributed by atoms with Crippen LogP contribution in [0.4, 0.5) is 0 Å². The maximum atomic E-state index is 12.0. The van der Waals surface area contributed by atoms with Crippen LogP contribution in [0.3, 0.4) is 0 Å². The van der Waals surface area contributed by atoms with E-state index in [-0.39, 0.29) is 11.9 Å². The van der Waals surface area contributed by atoms with Gasteiger partial charge in [-0.25, -0.2) is 0 Å². The first-order valence-electron chi connectivity index (χ1n) is 8.39. The quantitative estimate of drug-likeness (QED) is 0.927. The predicted molar refractivity (Wildman–Crippen MR) is 88.2 cm³/mol. The standard InChI is InChI=1S/C18H27N3O/c1-15(19)17(22)21-11-8-18(9-12-21)7-10-20(14-18)13-16-5-3-2-4-6-16/h2-6,15H,7-14,19H2,1H3/t15-/m0/s1. The topological polar surface area (TPSA) is 49.6 Å². The second-order valence-corrected chi connectivity index (χ2v) is 7.06. The van der Waals surface area contributed by atoms with Crippen molar-refractivity contribution in [3.05, 3.63) is 35.9 Å². The van der Waals surface area contributed by atoms with Crippen molar-refractivity contribution >= 4 is 5.91 Å². The molecule has 1 aromatic rings. The first-order valence-corrected chi connectivity index (χ1v) is 8.39. The summed E-state index contributed by atoms with van der Waals surface area (Å²) in [5.41, 5.74) is 7.53. The maximum absolute atomic E-state index is 12.0. The molecule has 0 bridgehead atoms. The zero-order valence-electron chi connectivity index (χ0n) is 13.5. The molecule has 1 atom stereocenters. The minimum Gasteiger partial charge on any atom is -0.341 e. The van der Waals surface area contributed by atoms with Crippen LogP contribution in [0, 0.1) is 5.41 Å². The summed E-state index contributed by atoms with van der Waals surface area (Å²) >= 11 is 0. The predicted octanol–water partition coefficient (Wildman–Crippen LogP) is 1.85. The monoisotopic (exact) mass is 301 g/mol. The molecule has 2 aliphatic rings. The van der Waals surface area contributed by atoms with Crippen LogP contribution >= 0.6 is 0 Å². The lowest BCUT2D eigenvalue weighted by Gasteiger charge is -2.40. The molecule has 0 aliphatic carbocycles. The molecule has 4 heteroatoms. The number of likely N-dealkylation sites (tertiary alicyclic amines) is 2. The van der Waals surface area contributed by atoms with Gasteiger partial charge in [0.1, 0.15) is 0 Å². The van der Waals surface area contributed by atoms with E-state index in [1.165, 1.54) is 25.1 Å². The molecule has 2 fully saturated rings. The van der Waals surface area contributed by atoms with Gasteiger partial charge in [0.25, 0.3) is 0 Å². The molecule has 2 aliphatic heterocycles. The Morgan fingerprint density at radius 1 is 1.18 bits per heavy atom. The van der Waals surface area contributed by atoms with E-state index in [9.17, 15) is 4.79 Å². The number of rotatable bonds is 3. The van der Waals surface area contributed by atoms with Gasteiger partial charge in [0.15, 0.2) is 0 Å². The average Bonchev–Trinajstić information content (AvgIpc) is 2.91. The summed E-state index contributed by atoms with van der Waals surface area (Å²) in [6.45, 7) is 6.92. The summed E-state index contributed by atoms with van der Waals surface area (Å²) in [7, 11) is 0. The van der Waals surface area contributed by atoms with Gasteiger partial charge < -0.3 is 10.6 Å². The highest BCUT2D eigenvalue weighted by atomic mass is 16.2. The van der Waals surface area contributed by atoms with Crippen LogP contribution in [0.5, 0.6) is 0 Å². The third-order valence-electron chi connectivity index (χ3n) is 5.29. The fourth-order valence-corrected chi connectivity index (χ4v) is 3.90. The van der Waals surface area contributed by atoms with E-state index in [0.717, 1.165) is 32.5 Å². The van der Waals surface area contributed by atoms with Crippen LogP contribution in [0.2, 0.25) is 0 Å². The van der Waals surface area contributed by atoms with Gasteiger partial charge in [0.2, 0.25) is 5.91 Å². The lowest BCUT2D eigenvalue weighted by atomic mass is 9.77. The van der Waals surface area contributed by atoms with Gasteiger partial charge in [-0.2, -0.15) is 0 Å². The fraction of sp³-hybridized carbons (Fsp3) is 0.611. The van der Waals surface area contributed by atoms with Gasteiger partial charge in [-0.3, -0.25) is 9.69 Å². The van der Waals surface area contributed by atoms with Crippen molar-refractivity contribution in [3.8, 4) is 0 Å². The minimum absolute atomic E-state index is 0.106. The van der Waals surface area contributed by atoms with Crippen molar-refractivity contribution < 1.29 is 4.79 Å². The molecule has 2 heterocycles. The molecular formula is C18H27N3O. The molecule has 0 aromatic heterocycles. The Morgan fingerprint density at radius 3 is 2.45 bits per heavy atom. The minimum atomic E-state index is -0.368. The van der Waals surface area contributed by atoms with Crippen LogP contribution in [-0.4, -0.2) is 47.9 Å². The van der Waals surface area contributed by atoms with Crippen LogP contribution in [0.1, 0.15) is 31.7 Å². The van der Waals surface area contributed by atoms with Crippen LogP contribution < -0.4 is 5.73 Å². The SMILES string of the molecule is C[C@H](N)C(=O)N1CCC2(CCN(Cc3ccccc3)C2)CC1. The smallest absolute Gasteiger partial charge is 0.239 e. The van der Waals surface area contributed by atoms with Crippen molar-refractivity contribution in [3.63, 3.8) is 0 Å². The first-order chi connectivity index (χ1) is 10.6. The van der Waals surface area contributed by atoms with Gasteiger partial charge in [-0.05, 0) is 43.7 Å². The zero-order valence-corrected chi connectivity index (χ0v) is 13.5. The lowest BCUT2D eigenvalue weighted by Crippen LogP contribution is -2.49. The number of nitrogens with two attached hydrogens (primary N) is 1. The van der Waals surface area contributed by atoms with Gasteiger partial charge >= 0.3 is 0 Å². The second-order valence-electron chi connectivity index (χ2n) is 7.06. The summed E-state index contributed by atoms with van der Waals surface area (Å²) < 4.78 is 0. The zero-order chi connectivity index (χ0) is 15.6. The molecule has 4 nitrogen and oxygen atoms in total. The van der Waals surface area contributed by atoms with E-state index in [4.69, 9.17) is 5.73 Å². The molecular weight excluding hydrogens is 274 g/mol. The van der Waals surface area contributed by atoms with Gasteiger partial charge in [-0.1, -0.05) is 30.3 Å². The maximum Gasteiger partial charge on any atom is 0.239 e. The Hall–Kier alpha value is -1.39. The number of hydrogen-bond acceptors (Lipinski definition) is 3. The number of benzene rings is 1. The van der Waals surface area contributed by atoms with E-state index >= 15 is 0 Å². The third kappa shape index (κ3) is 3.33. The van der Waals surface area contributed by atoms with E-state index < -0.39 is 0 Å². The lowest BCUT2D eigenvalue weighted by molar-refractivity contribution is -0.134. The molecule has 0 saturated carbocycles. The molecule has 3 rings (SSSR count). The Labute approximate surface area is 133 Å². The molecule has 1 aromatic carbocycles. The fourth-order valence-electron chi connectivity index (χ4n) is 3.90. The highest BCUT2D eigenvalue weighted by molar-refractivity contribution is 5.81. The molecule has 0 unspecified atom stereocenters. The molecule has 22 heavy (non-hydrogen) atoms. The van der Waals surface area contributed by atoms with Gasteiger partial charge in [0.05, 0.1) is 6.04 Å². The van der Waals surface area contributed by atoms with E-state index in [0.29, 0.717) is 5.41 Å². The van der Waals surface area contributed by atoms with Crippen molar-refractivity contribution in [1.82, 2.24) is 9.80 Å². The van der Waals surface area contributed by atoms with Crippen LogP contribution in [-0.2, 0) is 11.3 Å². The van der Waals surface area contributed by atoms with Crippen molar-refractivity contribution in [2.24, 2.45) is 11.1 Å². The average molecular weight is 301 g/mol. The normalized spacial score (nSPS) is 22.9. The molecule has 120 valence electrons. The van der Waals surface area contributed by atoms with E-state index in [1.807, 2.05) is 4.90 Å². The van der Waals surface area contributed by atoms with Crippen molar-refractivity contribution in [1.29, 1.82) is 0 Å². The van der Waals surface area contributed by atoms with Crippen molar-refractivity contribution in [2.45, 2.75) is 38.8 Å². The first kappa shape index (κ1) is 15.5. The molecule has 2 saturated heterocycles. The summed E-state index contributed by atoms with van der Waals surface area (Å²) in [4.78, 5) is 16.5. The highest BCUT2D eigenvalue weighted by Gasteiger charge is 2.41. The Morgan fingerprint density at radius 2 is 1.82 bits per heavy atom. The number of nitrogens with zero attached hydrogens (tertiary/aromatic N) is 2. The largest absolute Gasteiger partial charge is 0.341 e. The Balaban J connectivity index is 1.53. The number of amides is 1. The number of hydrogen-bond donors (Lipinski definition) is 1. The van der Waals surface area contributed by atoms with Crippen LogP contribution in [0.25, 0.3) is 0 Å². The molecule has 1 spiro atoms. The molecule has 0 radical (unpaired) electrons. The summed E-state index contributed by atoms with van der Waals surface area (Å²) in [6, 6.07) is 10.3. The van der Waals surface area contributed by atoms with E-state index in [2.05, 4.69) is 35.2 Å². The number of carbonyl (C=O) groups excluding carboxylic acids is 1. The second kappa shape index (κ2) is 6.39. The summed E-state index contributed by atoms with van der Waals surface area (Å²) in [6.07, 6.45) is 3.51.